The quantitative estimate of drug-likeness (QED) is 0.355. The molecule has 1 aromatic carbocycles. The van der Waals surface area contributed by atoms with Crippen molar-refractivity contribution in [3.05, 3.63) is 71.0 Å². The lowest BCUT2D eigenvalue weighted by molar-refractivity contribution is -0.130. The highest BCUT2D eigenvalue weighted by Crippen LogP contribution is 2.58. The van der Waals surface area contributed by atoms with Crippen molar-refractivity contribution in [2.75, 3.05) is 0 Å². The van der Waals surface area contributed by atoms with Gasteiger partial charge in [0.1, 0.15) is 0 Å². The van der Waals surface area contributed by atoms with E-state index in [9.17, 15) is 14.7 Å². The first-order valence-electron chi connectivity index (χ1n) is 13.7. The molecule has 1 amide bonds. The van der Waals surface area contributed by atoms with Crippen LogP contribution in [0.1, 0.15) is 59.9 Å². The number of ketones is 1. The summed E-state index contributed by atoms with van der Waals surface area (Å²) in [5.74, 6) is 0.0954. The summed E-state index contributed by atoms with van der Waals surface area (Å²) in [5, 5.41) is 15.2. The summed E-state index contributed by atoms with van der Waals surface area (Å²) in [7, 11) is 0. The molecule has 1 aliphatic heterocycles. The highest BCUT2D eigenvalue weighted by molar-refractivity contribution is 6.22. The number of hydrogen-bond acceptors (Lipinski definition) is 3. The van der Waals surface area contributed by atoms with E-state index in [1.165, 1.54) is 11.6 Å². The minimum absolute atomic E-state index is 0.0394. The maximum absolute atomic E-state index is 14.4. The van der Waals surface area contributed by atoms with Crippen LogP contribution in [-0.2, 0) is 16.0 Å². The second-order valence-electron chi connectivity index (χ2n) is 12.3. The van der Waals surface area contributed by atoms with Crippen molar-refractivity contribution in [3.8, 4) is 0 Å². The van der Waals surface area contributed by atoms with E-state index in [1.54, 1.807) is 0 Å². The largest absolute Gasteiger partial charge is 0.367 e. The molecule has 1 aromatic heterocycles. The summed E-state index contributed by atoms with van der Waals surface area (Å²) in [6.07, 6.45) is 10.2. The molecule has 1 fully saturated rings. The van der Waals surface area contributed by atoms with Crippen LogP contribution in [-0.4, -0.2) is 27.5 Å². The maximum Gasteiger partial charge on any atom is 0.257 e. The van der Waals surface area contributed by atoms with Gasteiger partial charge in [-0.1, -0.05) is 62.3 Å². The number of aliphatic hydroxyl groups is 1. The summed E-state index contributed by atoms with van der Waals surface area (Å²) in [6.45, 7) is 13.1. The second kappa shape index (κ2) is 9.13. The number of nitrogens with one attached hydrogen (secondary N) is 2. The van der Waals surface area contributed by atoms with Crippen LogP contribution >= 0.6 is 0 Å². The summed E-state index contributed by atoms with van der Waals surface area (Å²) >= 11 is 0. The Kier molecular flexibility index (Phi) is 6.34. The van der Waals surface area contributed by atoms with Gasteiger partial charge < -0.3 is 15.4 Å². The molecule has 3 aliphatic rings. The number of amides is 1. The van der Waals surface area contributed by atoms with E-state index in [1.807, 2.05) is 37.4 Å². The van der Waals surface area contributed by atoms with Crippen molar-refractivity contribution in [1.82, 2.24) is 10.3 Å². The molecule has 37 heavy (non-hydrogen) atoms. The van der Waals surface area contributed by atoms with Crippen LogP contribution in [0.4, 0.5) is 0 Å². The Bertz CT molecular complexity index is 1350. The molecule has 7 atom stereocenters. The molecule has 3 N–H and O–H groups in total. The standard InChI is InChI=1S/C32H40N2O3/c1-7-19(3)26-21(5)14-31(6)13-18(2)12-20(4)28(31)27(26)29(35)24-16-32(37,34-30(24)36)15-22-17-33-25-11-9-8-10-23(22)25/h7-11,14,16-18,20,26-28,33,37H,12-13,15H2,1-6H3,(H,34,36)/b19-7+/t18-,20+,26-,27-,28+,31+,32+/m1/s1. The number of carbonyl (C=O) groups is 2. The fourth-order valence-corrected chi connectivity index (χ4v) is 8.19. The Morgan fingerprint density at radius 2 is 1.95 bits per heavy atom. The molecule has 5 heteroatoms. The molecule has 1 saturated carbocycles. The van der Waals surface area contributed by atoms with Gasteiger partial charge in [0.2, 0.25) is 0 Å². The average molecular weight is 501 g/mol. The molecule has 0 saturated heterocycles. The Morgan fingerprint density at radius 1 is 1.22 bits per heavy atom. The molecule has 2 aromatic rings. The number of carbonyl (C=O) groups excluding carboxylic acids is 2. The molecule has 5 nitrogen and oxygen atoms in total. The van der Waals surface area contributed by atoms with E-state index >= 15 is 0 Å². The molecular formula is C32H40N2O3. The number of hydrogen-bond donors (Lipinski definition) is 3. The SMILES string of the molecule is C/C=C(\C)[C@@H]1C(C)=C[C@]2(C)C[C@H](C)C[C@H](C)[C@H]2[C@@H]1C(=O)C1=C[C@@](O)(Cc2c[nH]c3ccccc23)NC1=O. The van der Waals surface area contributed by atoms with Gasteiger partial charge in [-0.05, 0) is 74.5 Å². The second-order valence-corrected chi connectivity index (χ2v) is 12.3. The summed E-state index contributed by atoms with van der Waals surface area (Å²) in [4.78, 5) is 30.9. The molecular weight excluding hydrogens is 460 g/mol. The molecule has 0 unspecified atom stereocenters. The molecule has 0 bridgehead atoms. The number of allylic oxidation sites excluding steroid dienone is 4. The van der Waals surface area contributed by atoms with Crippen molar-refractivity contribution in [2.45, 2.75) is 66.5 Å². The fraction of sp³-hybridized carbons (Fsp3) is 0.500. The minimum atomic E-state index is -1.60. The molecule has 2 heterocycles. The highest BCUT2D eigenvalue weighted by atomic mass is 16.3. The summed E-state index contributed by atoms with van der Waals surface area (Å²) in [6, 6.07) is 7.88. The third-order valence-corrected chi connectivity index (χ3v) is 9.34. The summed E-state index contributed by atoms with van der Waals surface area (Å²) in [5.41, 5.74) is 2.64. The van der Waals surface area contributed by atoms with Gasteiger partial charge in [-0.2, -0.15) is 0 Å². The van der Waals surface area contributed by atoms with Crippen LogP contribution in [0, 0.1) is 35.0 Å². The average Bonchev–Trinajstić information content (AvgIpc) is 3.36. The van der Waals surface area contributed by atoms with Crippen molar-refractivity contribution in [1.29, 1.82) is 0 Å². The third kappa shape index (κ3) is 4.31. The zero-order valence-electron chi connectivity index (χ0n) is 22.9. The van der Waals surface area contributed by atoms with Gasteiger partial charge >= 0.3 is 0 Å². The number of Topliss-reactive ketones (excluding diaryl/α,β-unsaturated/α-hetero) is 1. The van der Waals surface area contributed by atoms with Crippen molar-refractivity contribution in [3.63, 3.8) is 0 Å². The summed E-state index contributed by atoms with van der Waals surface area (Å²) < 4.78 is 0. The first kappa shape index (κ1) is 25.7. The Morgan fingerprint density at radius 3 is 2.68 bits per heavy atom. The van der Waals surface area contributed by atoms with Crippen LogP contribution in [0.5, 0.6) is 0 Å². The van der Waals surface area contributed by atoms with Crippen molar-refractivity contribution >= 4 is 22.6 Å². The molecule has 196 valence electrons. The van der Waals surface area contributed by atoms with Gasteiger partial charge in [0, 0.05) is 35.4 Å². The van der Waals surface area contributed by atoms with Gasteiger partial charge in [-0.3, -0.25) is 9.59 Å². The maximum atomic E-state index is 14.4. The Balaban J connectivity index is 1.54. The lowest BCUT2D eigenvalue weighted by Gasteiger charge is -2.54. The lowest BCUT2D eigenvalue weighted by atomic mass is 9.49. The van der Waals surface area contributed by atoms with Crippen LogP contribution in [0.15, 0.2) is 65.4 Å². The molecule has 0 radical (unpaired) electrons. The van der Waals surface area contributed by atoms with Crippen molar-refractivity contribution < 1.29 is 14.7 Å². The van der Waals surface area contributed by atoms with E-state index in [0.29, 0.717) is 11.8 Å². The van der Waals surface area contributed by atoms with Gasteiger partial charge in [0.15, 0.2) is 11.5 Å². The zero-order chi connectivity index (χ0) is 26.7. The lowest BCUT2D eigenvalue weighted by Crippen LogP contribution is -2.51. The normalized spacial score (nSPS) is 36.1. The molecule has 0 spiro atoms. The molecule has 5 rings (SSSR count). The highest BCUT2D eigenvalue weighted by Gasteiger charge is 2.55. The monoisotopic (exact) mass is 500 g/mol. The van der Waals surface area contributed by atoms with E-state index in [-0.39, 0.29) is 40.9 Å². The third-order valence-electron chi connectivity index (χ3n) is 9.34. The predicted molar refractivity (Wildman–Crippen MR) is 148 cm³/mol. The number of aromatic nitrogens is 1. The minimum Gasteiger partial charge on any atom is -0.367 e. The van der Waals surface area contributed by atoms with Gasteiger partial charge in [0.25, 0.3) is 5.91 Å². The number of fused-ring (bicyclic) bond motifs is 2. The topological polar surface area (TPSA) is 82.2 Å². The van der Waals surface area contributed by atoms with Crippen molar-refractivity contribution in [2.24, 2.45) is 35.0 Å². The first-order valence-corrected chi connectivity index (χ1v) is 13.7. The molecule has 2 aliphatic carbocycles. The van der Waals surface area contributed by atoms with Crippen LogP contribution in [0.25, 0.3) is 10.9 Å². The van der Waals surface area contributed by atoms with E-state index in [0.717, 1.165) is 34.9 Å². The zero-order valence-corrected chi connectivity index (χ0v) is 22.9. The first-order chi connectivity index (χ1) is 17.5. The van der Waals surface area contributed by atoms with E-state index in [4.69, 9.17) is 0 Å². The van der Waals surface area contributed by atoms with E-state index < -0.39 is 11.6 Å². The van der Waals surface area contributed by atoms with Gasteiger partial charge in [-0.25, -0.2) is 0 Å². The van der Waals surface area contributed by atoms with Crippen LogP contribution < -0.4 is 5.32 Å². The van der Waals surface area contributed by atoms with E-state index in [2.05, 4.69) is 57.1 Å². The number of aromatic amines is 1. The smallest absolute Gasteiger partial charge is 0.257 e. The van der Waals surface area contributed by atoms with Gasteiger partial charge in [-0.15, -0.1) is 0 Å². The number of benzene rings is 1. The Labute approximate surface area is 220 Å². The fourth-order valence-electron chi connectivity index (χ4n) is 8.19. The van der Waals surface area contributed by atoms with Gasteiger partial charge in [0.05, 0.1) is 5.57 Å². The van der Waals surface area contributed by atoms with Crippen LogP contribution in [0.2, 0.25) is 0 Å². The number of para-hydroxylation sites is 1. The number of rotatable bonds is 5. The number of H-pyrrole nitrogens is 1. The predicted octanol–water partition coefficient (Wildman–Crippen LogP) is 5.87. The Hall–Kier alpha value is -2.92. The van der Waals surface area contributed by atoms with Crippen LogP contribution in [0.3, 0.4) is 0 Å².